The van der Waals surface area contributed by atoms with Gasteiger partial charge in [-0.25, -0.2) is 0 Å². The molecule has 0 bridgehead atoms. The number of nitrogens with two attached hydrogens (primary N) is 1. The van der Waals surface area contributed by atoms with Gasteiger partial charge in [0.2, 0.25) is 0 Å². The highest BCUT2D eigenvalue weighted by atomic mass is 32.1. The number of ether oxygens (including phenoxy) is 1. The number of hydrogen-bond donors (Lipinski definition) is 2. The first kappa shape index (κ1) is 13.4. The minimum absolute atomic E-state index is 0.135. The van der Waals surface area contributed by atoms with E-state index in [-0.39, 0.29) is 5.91 Å². The van der Waals surface area contributed by atoms with Crippen LogP contribution in [0.15, 0.2) is 24.3 Å². The van der Waals surface area contributed by atoms with Crippen LogP contribution in [-0.2, 0) is 0 Å². The smallest absolute Gasteiger partial charge is 0.251 e. The van der Waals surface area contributed by atoms with E-state index in [1.54, 1.807) is 24.3 Å². The van der Waals surface area contributed by atoms with Crippen molar-refractivity contribution in [2.45, 2.75) is 13.3 Å². The molecule has 0 aliphatic heterocycles. The fourth-order valence-corrected chi connectivity index (χ4v) is 1.37. The molecule has 0 radical (unpaired) electrons. The van der Waals surface area contributed by atoms with E-state index in [4.69, 9.17) is 22.7 Å². The number of rotatable bonds is 6. The summed E-state index contributed by atoms with van der Waals surface area (Å²) in [6.45, 7) is 2.98. The predicted molar refractivity (Wildman–Crippen MR) is 71.3 cm³/mol. The van der Waals surface area contributed by atoms with Crippen molar-refractivity contribution in [1.29, 1.82) is 0 Å². The summed E-state index contributed by atoms with van der Waals surface area (Å²) in [7, 11) is 0. The Morgan fingerprint density at radius 1 is 1.41 bits per heavy atom. The monoisotopic (exact) mass is 252 g/mol. The molecule has 1 amide bonds. The molecule has 5 heteroatoms. The number of nitrogens with one attached hydrogen (secondary N) is 1. The van der Waals surface area contributed by atoms with Gasteiger partial charge < -0.3 is 15.8 Å². The highest BCUT2D eigenvalue weighted by Gasteiger charge is 2.04. The molecular formula is C12H16N2O2S. The summed E-state index contributed by atoms with van der Waals surface area (Å²) in [6, 6.07) is 6.99. The second-order valence-corrected chi connectivity index (χ2v) is 3.95. The molecular weight excluding hydrogens is 236 g/mol. The molecule has 4 nitrogen and oxygen atoms in total. The van der Waals surface area contributed by atoms with Crippen molar-refractivity contribution in [3.63, 3.8) is 0 Å². The highest BCUT2D eigenvalue weighted by molar-refractivity contribution is 7.80. The summed E-state index contributed by atoms with van der Waals surface area (Å²) in [5.74, 6) is 0.622. The lowest BCUT2D eigenvalue weighted by molar-refractivity contribution is 0.0955. The zero-order valence-electron chi connectivity index (χ0n) is 9.73. The quantitative estimate of drug-likeness (QED) is 0.753. The summed E-state index contributed by atoms with van der Waals surface area (Å²) in [4.78, 5) is 12.1. The molecule has 0 aliphatic carbocycles. The Bertz CT molecular complexity index is 390. The first-order chi connectivity index (χ1) is 8.13. The van der Waals surface area contributed by atoms with Gasteiger partial charge in [-0.3, -0.25) is 4.79 Å². The molecule has 3 N–H and O–H groups in total. The summed E-state index contributed by atoms with van der Waals surface area (Å²) in [5.41, 5.74) is 5.93. The molecule has 0 saturated carbocycles. The van der Waals surface area contributed by atoms with E-state index >= 15 is 0 Å². The zero-order valence-corrected chi connectivity index (χ0v) is 10.5. The van der Waals surface area contributed by atoms with Crippen LogP contribution in [0, 0.1) is 0 Å². The van der Waals surface area contributed by atoms with Crippen molar-refractivity contribution in [3.8, 4) is 5.75 Å². The fraction of sp³-hybridized carbons (Fsp3) is 0.333. The molecule has 92 valence electrons. The third kappa shape index (κ3) is 4.82. The van der Waals surface area contributed by atoms with Crippen molar-refractivity contribution in [3.05, 3.63) is 29.8 Å². The van der Waals surface area contributed by atoms with Crippen LogP contribution < -0.4 is 15.8 Å². The normalized spacial score (nSPS) is 9.71. The van der Waals surface area contributed by atoms with Gasteiger partial charge >= 0.3 is 0 Å². The lowest BCUT2D eigenvalue weighted by Gasteiger charge is -2.06. The number of hydrogen-bond acceptors (Lipinski definition) is 3. The minimum atomic E-state index is -0.135. The van der Waals surface area contributed by atoms with Gasteiger partial charge in [-0.2, -0.15) is 0 Å². The molecule has 17 heavy (non-hydrogen) atoms. The largest absolute Gasteiger partial charge is 0.494 e. The Hall–Kier alpha value is -1.62. The molecule has 0 fully saturated rings. The Kier molecular flexibility index (Phi) is 5.42. The molecule has 0 unspecified atom stereocenters. The van der Waals surface area contributed by atoms with Crippen LogP contribution in [0.3, 0.4) is 0 Å². The third-order valence-electron chi connectivity index (χ3n) is 2.08. The highest BCUT2D eigenvalue weighted by Crippen LogP contribution is 2.11. The topological polar surface area (TPSA) is 64.3 Å². The maximum atomic E-state index is 11.7. The van der Waals surface area contributed by atoms with Crippen molar-refractivity contribution in [1.82, 2.24) is 5.32 Å². The number of carbonyl (C=O) groups is 1. The van der Waals surface area contributed by atoms with E-state index in [1.807, 2.05) is 6.92 Å². The summed E-state index contributed by atoms with van der Waals surface area (Å²) in [5, 5.41) is 2.73. The van der Waals surface area contributed by atoms with Gasteiger partial charge in [0.05, 0.1) is 11.6 Å². The van der Waals surface area contributed by atoms with Crippen molar-refractivity contribution >= 4 is 23.1 Å². The predicted octanol–water partition coefficient (Wildman–Crippen LogP) is 1.49. The molecule has 0 atom stereocenters. The molecule has 1 aromatic carbocycles. The fourth-order valence-electron chi connectivity index (χ4n) is 1.27. The average Bonchev–Trinajstić information content (AvgIpc) is 2.30. The number of amides is 1. The van der Waals surface area contributed by atoms with E-state index in [9.17, 15) is 4.79 Å². The van der Waals surface area contributed by atoms with Crippen molar-refractivity contribution in [2.75, 3.05) is 13.2 Å². The van der Waals surface area contributed by atoms with Crippen LogP contribution in [0.5, 0.6) is 5.75 Å². The summed E-state index contributed by atoms with van der Waals surface area (Å²) < 4.78 is 5.29. The first-order valence-electron chi connectivity index (χ1n) is 5.43. The number of benzene rings is 1. The van der Waals surface area contributed by atoms with Gasteiger partial charge in [-0.05, 0) is 31.2 Å². The molecule has 0 heterocycles. The standard InChI is InChI=1S/C12H16N2O2S/c1-2-16-10-5-3-9(4-6-10)12(15)14-8-7-11(13)17/h3-6H,2,7-8H2,1H3,(H2,13,17)(H,14,15). The van der Waals surface area contributed by atoms with E-state index in [1.165, 1.54) is 0 Å². The van der Waals surface area contributed by atoms with Gasteiger partial charge in [-0.1, -0.05) is 12.2 Å². The van der Waals surface area contributed by atoms with Crippen LogP contribution in [0.2, 0.25) is 0 Å². The van der Waals surface area contributed by atoms with Crippen LogP contribution >= 0.6 is 12.2 Å². The number of thiocarbonyl (C=S) groups is 1. The first-order valence-corrected chi connectivity index (χ1v) is 5.83. The Labute approximate surface area is 106 Å². The van der Waals surface area contributed by atoms with Crippen LogP contribution in [0.4, 0.5) is 0 Å². The zero-order chi connectivity index (χ0) is 12.7. The van der Waals surface area contributed by atoms with Gasteiger partial charge in [0.15, 0.2) is 0 Å². The van der Waals surface area contributed by atoms with E-state index in [0.29, 0.717) is 30.1 Å². The molecule has 0 aromatic heterocycles. The molecule has 1 rings (SSSR count). The lowest BCUT2D eigenvalue weighted by Crippen LogP contribution is -2.27. The van der Waals surface area contributed by atoms with Gasteiger partial charge in [0.1, 0.15) is 5.75 Å². The number of carbonyl (C=O) groups excluding carboxylic acids is 1. The maximum Gasteiger partial charge on any atom is 0.251 e. The van der Waals surface area contributed by atoms with Gasteiger partial charge in [-0.15, -0.1) is 0 Å². The third-order valence-corrected chi connectivity index (χ3v) is 2.29. The van der Waals surface area contributed by atoms with E-state index in [0.717, 1.165) is 5.75 Å². The Balaban J connectivity index is 2.48. The van der Waals surface area contributed by atoms with Crippen molar-refractivity contribution < 1.29 is 9.53 Å². The SMILES string of the molecule is CCOc1ccc(C(=O)NCCC(N)=S)cc1. The van der Waals surface area contributed by atoms with E-state index < -0.39 is 0 Å². The van der Waals surface area contributed by atoms with Crippen molar-refractivity contribution in [2.24, 2.45) is 5.73 Å². The summed E-state index contributed by atoms with van der Waals surface area (Å²) in [6.07, 6.45) is 0.512. The van der Waals surface area contributed by atoms with Crippen LogP contribution in [0.25, 0.3) is 0 Å². The molecule has 0 aliphatic rings. The Morgan fingerprint density at radius 2 is 2.06 bits per heavy atom. The van der Waals surface area contributed by atoms with Crippen LogP contribution in [0.1, 0.15) is 23.7 Å². The lowest BCUT2D eigenvalue weighted by atomic mass is 10.2. The Morgan fingerprint density at radius 3 is 2.59 bits per heavy atom. The van der Waals surface area contributed by atoms with Crippen LogP contribution in [-0.4, -0.2) is 24.0 Å². The van der Waals surface area contributed by atoms with Gasteiger partial charge in [0, 0.05) is 18.5 Å². The molecule has 0 spiro atoms. The second kappa shape index (κ2) is 6.85. The summed E-state index contributed by atoms with van der Waals surface area (Å²) >= 11 is 4.72. The maximum absolute atomic E-state index is 11.7. The molecule has 1 aromatic rings. The minimum Gasteiger partial charge on any atom is -0.494 e. The van der Waals surface area contributed by atoms with Gasteiger partial charge in [0.25, 0.3) is 5.91 Å². The second-order valence-electron chi connectivity index (χ2n) is 3.43. The average molecular weight is 252 g/mol. The van der Waals surface area contributed by atoms with E-state index in [2.05, 4.69) is 5.32 Å². The molecule has 0 saturated heterocycles.